The van der Waals surface area contributed by atoms with Gasteiger partial charge in [-0.1, -0.05) is 30.3 Å². The number of alkyl halides is 1. The second-order valence-electron chi connectivity index (χ2n) is 2.77. The van der Waals surface area contributed by atoms with Crippen molar-refractivity contribution in [2.75, 3.05) is 0 Å². The van der Waals surface area contributed by atoms with Crippen molar-refractivity contribution in [2.24, 2.45) is 0 Å². The summed E-state index contributed by atoms with van der Waals surface area (Å²) in [4.78, 5) is 10.8. The van der Waals surface area contributed by atoms with Crippen LogP contribution in [0.4, 0.5) is 0 Å². The molecule has 0 fully saturated rings. The van der Waals surface area contributed by atoms with Crippen molar-refractivity contribution in [3.05, 3.63) is 35.9 Å². The summed E-state index contributed by atoms with van der Waals surface area (Å²) in [6.07, 6.45) is 0.623. The van der Waals surface area contributed by atoms with Crippen LogP contribution in [0.15, 0.2) is 30.3 Å². The van der Waals surface area contributed by atoms with Gasteiger partial charge in [0.15, 0.2) is 0 Å². The van der Waals surface area contributed by atoms with Gasteiger partial charge in [0.05, 0.1) is 5.38 Å². The third kappa shape index (κ3) is 2.67. The molecule has 1 rings (SSSR count). The lowest BCUT2D eigenvalue weighted by Crippen LogP contribution is -2.12. The quantitative estimate of drug-likeness (QED) is 0.657. The maximum absolute atomic E-state index is 10.8. The van der Waals surface area contributed by atoms with Gasteiger partial charge in [-0.05, 0) is 18.9 Å². The van der Waals surface area contributed by atoms with E-state index in [2.05, 4.69) is 0 Å². The number of benzene rings is 1. The number of Topliss-reactive ketones (excluding diaryl/α,β-unsaturated/α-hetero) is 1. The van der Waals surface area contributed by atoms with Crippen LogP contribution >= 0.6 is 11.6 Å². The summed E-state index contributed by atoms with van der Waals surface area (Å²) in [6.45, 7) is 1.51. The zero-order valence-corrected chi connectivity index (χ0v) is 7.71. The van der Waals surface area contributed by atoms with E-state index in [1.807, 2.05) is 30.3 Å². The van der Waals surface area contributed by atoms with Crippen LogP contribution in [0.1, 0.15) is 12.5 Å². The number of rotatable bonds is 3. The summed E-state index contributed by atoms with van der Waals surface area (Å²) >= 11 is 5.80. The largest absolute Gasteiger partial charge is 0.298 e. The molecule has 12 heavy (non-hydrogen) atoms. The van der Waals surface area contributed by atoms with Gasteiger partial charge in [-0.3, -0.25) is 4.79 Å². The number of carbonyl (C=O) groups excluding carboxylic acids is 1. The Hall–Kier alpha value is -0.820. The first-order valence-corrected chi connectivity index (χ1v) is 4.32. The van der Waals surface area contributed by atoms with E-state index in [9.17, 15) is 4.79 Å². The molecule has 1 aromatic rings. The Balaban J connectivity index is 2.58. The molecule has 0 aliphatic rings. The molecule has 0 heterocycles. The van der Waals surface area contributed by atoms with Crippen molar-refractivity contribution >= 4 is 17.4 Å². The minimum Gasteiger partial charge on any atom is -0.298 e. The van der Waals surface area contributed by atoms with Crippen molar-refractivity contribution in [1.82, 2.24) is 0 Å². The number of carbonyl (C=O) groups is 1. The highest BCUT2D eigenvalue weighted by molar-refractivity contribution is 6.30. The maximum atomic E-state index is 10.8. The monoisotopic (exact) mass is 182 g/mol. The standard InChI is InChI=1S/C10H11ClO/c1-8(12)10(11)7-9-5-3-2-4-6-9/h2-6,10H,7H2,1H3/t10-/m1/s1. The first kappa shape index (κ1) is 9.27. The maximum Gasteiger partial charge on any atom is 0.147 e. The van der Waals surface area contributed by atoms with Gasteiger partial charge in [0.1, 0.15) is 5.78 Å². The summed E-state index contributed by atoms with van der Waals surface area (Å²) in [5.74, 6) is 0.0283. The highest BCUT2D eigenvalue weighted by Crippen LogP contribution is 2.08. The highest BCUT2D eigenvalue weighted by atomic mass is 35.5. The average Bonchev–Trinajstić information content (AvgIpc) is 2.06. The molecule has 0 N–H and O–H groups in total. The minimum absolute atomic E-state index is 0.0283. The number of hydrogen-bond donors (Lipinski definition) is 0. The number of halogens is 1. The molecule has 64 valence electrons. The smallest absolute Gasteiger partial charge is 0.147 e. The lowest BCUT2D eigenvalue weighted by molar-refractivity contribution is -0.116. The molecular weight excluding hydrogens is 172 g/mol. The van der Waals surface area contributed by atoms with Gasteiger partial charge in [-0.25, -0.2) is 0 Å². The van der Waals surface area contributed by atoms with Gasteiger partial charge in [0.2, 0.25) is 0 Å². The third-order valence-corrected chi connectivity index (χ3v) is 2.16. The van der Waals surface area contributed by atoms with E-state index in [0.717, 1.165) is 5.56 Å². The minimum atomic E-state index is -0.382. The summed E-state index contributed by atoms with van der Waals surface area (Å²) in [6, 6.07) is 9.77. The molecule has 0 radical (unpaired) electrons. The molecule has 0 spiro atoms. The van der Waals surface area contributed by atoms with Crippen LogP contribution in [0.5, 0.6) is 0 Å². The molecule has 0 aliphatic carbocycles. The molecule has 0 saturated carbocycles. The lowest BCUT2D eigenvalue weighted by atomic mass is 10.1. The van der Waals surface area contributed by atoms with Gasteiger partial charge in [-0.15, -0.1) is 11.6 Å². The van der Waals surface area contributed by atoms with E-state index >= 15 is 0 Å². The van der Waals surface area contributed by atoms with E-state index in [1.54, 1.807) is 0 Å². The fourth-order valence-corrected chi connectivity index (χ4v) is 1.14. The third-order valence-electron chi connectivity index (χ3n) is 1.70. The second-order valence-corrected chi connectivity index (χ2v) is 3.29. The molecule has 0 unspecified atom stereocenters. The number of hydrogen-bond acceptors (Lipinski definition) is 1. The SMILES string of the molecule is CC(=O)[C@H](Cl)Cc1ccccc1. The van der Waals surface area contributed by atoms with Crippen LogP contribution in [0, 0.1) is 0 Å². The molecule has 1 nitrogen and oxygen atoms in total. The fourth-order valence-electron chi connectivity index (χ4n) is 0.965. The first-order chi connectivity index (χ1) is 5.70. The van der Waals surface area contributed by atoms with Crippen molar-refractivity contribution < 1.29 is 4.79 Å². The summed E-state index contributed by atoms with van der Waals surface area (Å²) in [5, 5.41) is -0.382. The van der Waals surface area contributed by atoms with Crippen LogP contribution in [-0.2, 0) is 11.2 Å². The van der Waals surface area contributed by atoms with E-state index in [4.69, 9.17) is 11.6 Å². The Morgan fingerprint density at radius 1 is 1.42 bits per heavy atom. The van der Waals surface area contributed by atoms with Crippen molar-refractivity contribution in [3.8, 4) is 0 Å². The van der Waals surface area contributed by atoms with Crippen molar-refractivity contribution in [2.45, 2.75) is 18.7 Å². The summed E-state index contributed by atoms with van der Waals surface area (Å²) in [7, 11) is 0. The van der Waals surface area contributed by atoms with Gasteiger partial charge in [-0.2, -0.15) is 0 Å². The average molecular weight is 183 g/mol. The van der Waals surface area contributed by atoms with Crippen molar-refractivity contribution in [1.29, 1.82) is 0 Å². The zero-order valence-electron chi connectivity index (χ0n) is 6.96. The van der Waals surface area contributed by atoms with Gasteiger partial charge < -0.3 is 0 Å². The van der Waals surface area contributed by atoms with Gasteiger partial charge in [0.25, 0.3) is 0 Å². The van der Waals surface area contributed by atoms with Crippen LogP contribution in [0.25, 0.3) is 0 Å². The first-order valence-electron chi connectivity index (χ1n) is 3.88. The Morgan fingerprint density at radius 2 is 2.00 bits per heavy atom. The predicted molar refractivity (Wildman–Crippen MR) is 50.5 cm³/mol. The molecule has 0 aliphatic heterocycles. The molecule has 0 saturated heterocycles. The fraction of sp³-hybridized carbons (Fsp3) is 0.300. The Bertz CT molecular complexity index is 256. The van der Waals surface area contributed by atoms with E-state index in [-0.39, 0.29) is 11.2 Å². The van der Waals surface area contributed by atoms with Gasteiger partial charge in [0, 0.05) is 0 Å². The second kappa shape index (κ2) is 4.27. The van der Waals surface area contributed by atoms with Crippen LogP contribution < -0.4 is 0 Å². The van der Waals surface area contributed by atoms with E-state index in [0.29, 0.717) is 6.42 Å². The molecule has 0 amide bonds. The topological polar surface area (TPSA) is 17.1 Å². The summed E-state index contributed by atoms with van der Waals surface area (Å²) in [5.41, 5.74) is 1.10. The molecule has 1 aromatic carbocycles. The van der Waals surface area contributed by atoms with Crippen LogP contribution in [0.2, 0.25) is 0 Å². The lowest BCUT2D eigenvalue weighted by Gasteiger charge is -2.04. The molecule has 1 atom stereocenters. The van der Waals surface area contributed by atoms with Gasteiger partial charge >= 0.3 is 0 Å². The van der Waals surface area contributed by atoms with Crippen LogP contribution in [-0.4, -0.2) is 11.2 Å². The summed E-state index contributed by atoms with van der Waals surface area (Å²) < 4.78 is 0. The molecular formula is C10H11ClO. The van der Waals surface area contributed by atoms with Crippen LogP contribution in [0.3, 0.4) is 0 Å². The highest BCUT2D eigenvalue weighted by Gasteiger charge is 2.09. The predicted octanol–water partition coefficient (Wildman–Crippen LogP) is 2.43. The normalized spacial score (nSPS) is 12.5. The molecule has 0 bridgehead atoms. The van der Waals surface area contributed by atoms with Crippen molar-refractivity contribution in [3.63, 3.8) is 0 Å². The molecule has 0 aromatic heterocycles. The molecule has 2 heteroatoms. The Kier molecular flexibility index (Phi) is 3.30. The zero-order chi connectivity index (χ0) is 8.97. The Labute approximate surface area is 77.4 Å². The Morgan fingerprint density at radius 3 is 2.50 bits per heavy atom. The van der Waals surface area contributed by atoms with E-state index in [1.165, 1.54) is 6.92 Å². The number of ketones is 1. The van der Waals surface area contributed by atoms with E-state index < -0.39 is 0 Å².